The highest BCUT2D eigenvalue weighted by molar-refractivity contribution is 7.80. The summed E-state index contributed by atoms with van der Waals surface area (Å²) < 4.78 is 5.00. The number of amides is 1. The average molecular weight is 294 g/mol. The number of anilines is 1. The number of thiocarbonyl (C=S) groups is 1. The van der Waals surface area contributed by atoms with Crippen LogP contribution in [0.2, 0.25) is 0 Å². The minimum Gasteiger partial charge on any atom is -0.450 e. The van der Waals surface area contributed by atoms with E-state index in [-0.39, 0.29) is 11.1 Å². The van der Waals surface area contributed by atoms with Gasteiger partial charge in [-0.05, 0) is 19.1 Å². The van der Waals surface area contributed by atoms with Crippen molar-refractivity contribution in [2.45, 2.75) is 6.92 Å². The molecule has 6 nitrogen and oxygen atoms in total. The Morgan fingerprint density at radius 2 is 2.15 bits per heavy atom. The van der Waals surface area contributed by atoms with Crippen LogP contribution in [0.3, 0.4) is 0 Å². The fourth-order valence-corrected chi connectivity index (χ4v) is 2.34. The molecule has 1 amide bonds. The van der Waals surface area contributed by atoms with E-state index in [1.54, 1.807) is 18.0 Å². The van der Waals surface area contributed by atoms with Gasteiger partial charge in [0.15, 0.2) is 0 Å². The van der Waals surface area contributed by atoms with Crippen LogP contribution < -0.4 is 10.6 Å². The topological polar surface area (TPSA) is 71.7 Å². The van der Waals surface area contributed by atoms with Crippen LogP contribution >= 0.6 is 12.2 Å². The number of pyridine rings is 1. The van der Waals surface area contributed by atoms with Gasteiger partial charge in [0.05, 0.1) is 12.3 Å². The smallest absolute Gasteiger partial charge is 0.409 e. The first kappa shape index (κ1) is 14.5. The molecule has 1 aromatic heterocycles. The van der Waals surface area contributed by atoms with E-state index in [1.165, 1.54) is 0 Å². The quantitative estimate of drug-likeness (QED) is 0.838. The number of ether oxygens (including phenoxy) is 1. The first-order valence-electron chi connectivity index (χ1n) is 6.55. The molecular formula is C13H18N4O2S. The Kier molecular flexibility index (Phi) is 4.73. The van der Waals surface area contributed by atoms with Gasteiger partial charge in [-0.2, -0.15) is 0 Å². The zero-order valence-corrected chi connectivity index (χ0v) is 12.2. The van der Waals surface area contributed by atoms with E-state index in [1.807, 2.05) is 12.1 Å². The van der Waals surface area contributed by atoms with Gasteiger partial charge in [-0.3, -0.25) is 4.98 Å². The molecule has 0 radical (unpaired) electrons. The molecule has 1 aromatic rings. The van der Waals surface area contributed by atoms with Crippen LogP contribution in [0.15, 0.2) is 18.3 Å². The molecule has 108 valence electrons. The normalized spacial score (nSPS) is 15.1. The molecule has 1 aliphatic heterocycles. The zero-order valence-electron chi connectivity index (χ0n) is 11.4. The number of carbonyl (C=O) groups is 1. The summed E-state index contributed by atoms with van der Waals surface area (Å²) in [7, 11) is 0. The van der Waals surface area contributed by atoms with Gasteiger partial charge >= 0.3 is 6.09 Å². The lowest BCUT2D eigenvalue weighted by molar-refractivity contribution is 0.105. The highest BCUT2D eigenvalue weighted by Crippen LogP contribution is 2.20. The summed E-state index contributed by atoms with van der Waals surface area (Å²) in [6.07, 6.45) is 1.42. The van der Waals surface area contributed by atoms with Crippen molar-refractivity contribution < 1.29 is 9.53 Å². The van der Waals surface area contributed by atoms with E-state index in [2.05, 4.69) is 9.88 Å². The monoisotopic (exact) mass is 294 g/mol. The van der Waals surface area contributed by atoms with Gasteiger partial charge < -0.3 is 20.3 Å². The minimum absolute atomic E-state index is 0.257. The van der Waals surface area contributed by atoms with E-state index in [9.17, 15) is 4.79 Å². The predicted octanol–water partition coefficient (Wildman–Crippen LogP) is 0.994. The summed E-state index contributed by atoms with van der Waals surface area (Å²) in [5.41, 5.74) is 7.25. The fraction of sp³-hybridized carbons (Fsp3) is 0.462. The van der Waals surface area contributed by atoms with E-state index >= 15 is 0 Å². The van der Waals surface area contributed by atoms with Gasteiger partial charge in [0.25, 0.3) is 0 Å². The van der Waals surface area contributed by atoms with Gasteiger partial charge in [-0.1, -0.05) is 12.2 Å². The second-order valence-electron chi connectivity index (χ2n) is 4.41. The van der Waals surface area contributed by atoms with Crippen LogP contribution in [0.25, 0.3) is 0 Å². The molecule has 1 fully saturated rings. The summed E-state index contributed by atoms with van der Waals surface area (Å²) >= 11 is 5.02. The molecule has 0 atom stereocenters. The lowest BCUT2D eigenvalue weighted by Crippen LogP contribution is -2.49. The highest BCUT2D eigenvalue weighted by atomic mass is 32.1. The van der Waals surface area contributed by atoms with Crippen molar-refractivity contribution in [1.82, 2.24) is 9.88 Å². The van der Waals surface area contributed by atoms with Gasteiger partial charge in [-0.25, -0.2) is 4.79 Å². The highest BCUT2D eigenvalue weighted by Gasteiger charge is 2.23. The first-order chi connectivity index (χ1) is 9.63. The van der Waals surface area contributed by atoms with Crippen molar-refractivity contribution >= 4 is 29.0 Å². The maximum absolute atomic E-state index is 11.6. The molecule has 20 heavy (non-hydrogen) atoms. The van der Waals surface area contributed by atoms with Crippen molar-refractivity contribution in [1.29, 1.82) is 0 Å². The number of carbonyl (C=O) groups excluding carboxylic acids is 1. The summed E-state index contributed by atoms with van der Waals surface area (Å²) in [5, 5.41) is 0. The van der Waals surface area contributed by atoms with Gasteiger partial charge in [0.1, 0.15) is 10.7 Å². The molecule has 1 saturated heterocycles. The van der Waals surface area contributed by atoms with Crippen molar-refractivity contribution in [3.63, 3.8) is 0 Å². The zero-order chi connectivity index (χ0) is 14.5. The minimum atomic E-state index is -0.257. The third-order valence-electron chi connectivity index (χ3n) is 3.17. The molecule has 2 heterocycles. The Morgan fingerprint density at radius 1 is 1.45 bits per heavy atom. The van der Waals surface area contributed by atoms with Crippen LogP contribution in [-0.4, -0.2) is 53.8 Å². The number of nitrogens with zero attached hydrogens (tertiary/aromatic N) is 3. The Balaban J connectivity index is 2.04. The summed E-state index contributed by atoms with van der Waals surface area (Å²) in [6.45, 7) is 4.85. The number of rotatable bonds is 3. The first-order valence-corrected chi connectivity index (χ1v) is 6.95. The number of hydrogen-bond donors (Lipinski definition) is 1. The van der Waals surface area contributed by atoms with Crippen molar-refractivity contribution in [2.24, 2.45) is 5.73 Å². The Hall–Kier alpha value is -1.89. The fourth-order valence-electron chi connectivity index (χ4n) is 2.19. The molecule has 0 unspecified atom stereocenters. The predicted molar refractivity (Wildman–Crippen MR) is 80.9 cm³/mol. The van der Waals surface area contributed by atoms with E-state index in [0.29, 0.717) is 38.5 Å². The van der Waals surface area contributed by atoms with Crippen LogP contribution in [0.4, 0.5) is 10.5 Å². The Morgan fingerprint density at radius 3 is 2.75 bits per heavy atom. The number of piperazine rings is 1. The standard InChI is InChI=1S/C13H18N4O2S/c1-2-19-13(18)17-8-6-16(7-9-17)10-4-3-5-15-11(10)12(14)20/h3-5H,2,6-9H2,1H3,(H2,14,20). The molecule has 0 spiro atoms. The molecular weight excluding hydrogens is 276 g/mol. The maximum atomic E-state index is 11.6. The number of hydrogen-bond acceptors (Lipinski definition) is 5. The molecule has 0 bridgehead atoms. The largest absolute Gasteiger partial charge is 0.450 e. The maximum Gasteiger partial charge on any atom is 0.409 e. The van der Waals surface area contributed by atoms with E-state index in [0.717, 1.165) is 5.69 Å². The molecule has 1 aliphatic rings. The number of nitrogens with two attached hydrogens (primary N) is 1. The van der Waals surface area contributed by atoms with Crippen molar-refractivity contribution in [3.05, 3.63) is 24.0 Å². The second-order valence-corrected chi connectivity index (χ2v) is 4.85. The van der Waals surface area contributed by atoms with E-state index < -0.39 is 0 Å². The second kappa shape index (κ2) is 6.51. The van der Waals surface area contributed by atoms with Crippen LogP contribution in [0.5, 0.6) is 0 Å². The molecule has 2 N–H and O–H groups in total. The number of aromatic nitrogens is 1. The lowest BCUT2D eigenvalue weighted by Gasteiger charge is -2.35. The Labute approximate surface area is 123 Å². The molecule has 0 aliphatic carbocycles. The van der Waals surface area contributed by atoms with Crippen molar-refractivity contribution in [2.75, 3.05) is 37.7 Å². The van der Waals surface area contributed by atoms with Gasteiger partial charge in [0.2, 0.25) is 0 Å². The van der Waals surface area contributed by atoms with Crippen LogP contribution in [-0.2, 0) is 4.74 Å². The SMILES string of the molecule is CCOC(=O)N1CCN(c2cccnc2C(N)=S)CC1. The van der Waals surface area contributed by atoms with Crippen molar-refractivity contribution in [3.8, 4) is 0 Å². The molecule has 2 rings (SSSR count). The summed E-state index contributed by atoms with van der Waals surface area (Å²) in [6, 6.07) is 3.80. The molecule has 0 aromatic carbocycles. The molecule has 0 saturated carbocycles. The summed E-state index contributed by atoms with van der Waals surface area (Å²) in [4.78, 5) is 20.0. The Bertz CT molecular complexity index is 501. The van der Waals surface area contributed by atoms with Crippen LogP contribution in [0.1, 0.15) is 12.6 Å². The average Bonchev–Trinajstić information content (AvgIpc) is 2.47. The third-order valence-corrected chi connectivity index (χ3v) is 3.36. The van der Waals surface area contributed by atoms with Crippen LogP contribution in [0, 0.1) is 0 Å². The van der Waals surface area contributed by atoms with E-state index in [4.69, 9.17) is 22.7 Å². The van der Waals surface area contributed by atoms with Gasteiger partial charge in [-0.15, -0.1) is 0 Å². The van der Waals surface area contributed by atoms with Gasteiger partial charge in [0, 0.05) is 32.4 Å². The third kappa shape index (κ3) is 3.16. The molecule has 7 heteroatoms. The lowest BCUT2D eigenvalue weighted by atomic mass is 10.2. The summed E-state index contributed by atoms with van der Waals surface area (Å²) in [5.74, 6) is 0.